The fourth-order valence-corrected chi connectivity index (χ4v) is 1.35. The summed E-state index contributed by atoms with van der Waals surface area (Å²) in [6.45, 7) is 1.78. The molecule has 2 rings (SSSR count). The summed E-state index contributed by atoms with van der Waals surface area (Å²) in [7, 11) is 0. The van der Waals surface area contributed by atoms with Crippen molar-refractivity contribution in [2.45, 2.75) is 6.92 Å². The van der Waals surface area contributed by atoms with Crippen LogP contribution in [0.15, 0.2) is 36.2 Å². The van der Waals surface area contributed by atoms with Gasteiger partial charge in [0.15, 0.2) is 0 Å². The molecule has 0 radical (unpaired) electrons. The lowest BCUT2D eigenvalue weighted by Crippen LogP contribution is -2.41. The molecular weight excluding hydrogens is 176 g/mol. The third kappa shape index (κ3) is 1.44. The van der Waals surface area contributed by atoms with E-state index in [0.717, 1.165) is 10.4 Å². The lowest BCUT2D eigenvalue weighted by Gasteiger charge is -2.21. The zero-order valence-electron chi connectivity index (χ0n) is 7.94. The quantitative estimate of drug-likeness (QED) is 0.626. The second-order valence-corrected chi connectivity index (χ2v) is 3.05. The van der Waals surface area contributed by atoms with E-state index in [2.05, 4.69) is 5.43 Å². The van der Waals surface area contributed by atoms with Gasteiger partial charge in [-0.2, -0.15) is 0 Å². The molecule has 1 aliphatic heterocycles. The average Bonchev–Trinajstić information content (AvgIpc) is 2.27. The van der Waals surface area contributed by atoms with Gasteiger partial charge in [-0.1, -0.05) is 24.3 Å². The third-order valence-electron chi connectivity index (χ3n) is 2.13. The predicted molar refractivity (Wildman–Crippen MR) is 56.0 cm³/mol. The monoisotopic (exact) mass is 188 g/mol. The standard InChI is InChI=1S/C11H12N2O/c1-2-11(14)13-8-10-6-4-3-5-9(10)7-12-13/h2-8,12,14H,1H3/b11-2-. The Morgan fingerprint density at radius 3 is 2.79 bits per heavy atom. The molecule has 0 amide bonds. The largest absolute Gasteiger partial charge is 0.494 e. The first-order chi connectivity index (χ1) is 6.81. The third-order valence-corrected chi connectivity index (χ3v) is 2.13. The molecule has 0 aliphatic carbocycles. The molecule has 0 saturated carbocycles. The number of hydrogen-bond acceptors (Lipinski definition) is 3. The van der Waals surface area contributed by atoms with Crippen molar-refractivity contribution in [2.24, 2.45) is 0 Å². The van der Waals surface area contributed by atoms with Gasteiger partial charge >= 0.3 is 0 Å². The van der Waals surface area contributed by atoms with Crippen molar-refractivity contribution in [2.75, 3.05) is 0 Å². The van der Waals surface area contributed by atoms with E-state index in [1.165, 1.54) is 0 Å². The van der Waals surface area contributed by atoms with Crippen LogP contribution in [0.1, 0.15) is 6.92 Å². The number of fused-ring (bicyclic) bond motifs is 1. The minimum absolute atomic E-state index is 0.191. The molecule has 1 heterocycles. The molecule has 0 bridgehead atoms. The second kappa shape index (κ2) is 3.46. The minimum atomic E-state index is 0.191. The summed E-state index contributed by atoms with van der Waals surface area (Å²) in [4.78, 5) is 0. The number of nitrogens with zero attached hydrogens (tertiary/aromatic N) is 1. The summed E-state index contributed by atoms with van der Waals surface area (Å²) in [5.74, 6) is 0.191. The molecule has 72 valence electrons. The van der Waals surface area contributed by atoms with Crippen molar-refractivity contribution >= 4 is 12.4 Å². The fraction of sp³-hybridized carbons (Fsp3) is 0.0909. The highest BCUT2D eigenvalue weighted by atomic mass is 16.3. The first kappa shape index (κ1) is 8.69. The molecule has 14 heavy (non-hydrogen) atoms. The molecule has 0 atom stereocenters. The van der Waals surface area contributed by atoms with Crippen LogP contribution < -0.4 is 15.9 Å². The average molecular weight is 188 g/mol. The van der Waals surface area contributed by atoms with Gasteiger partial charge < -0.3 is 5.11 Å². The molecular formula is C11H12N2O. The first-order valence-electron chi connectivity index (χ1n) is 4.49. The normalized spacial score (nSPS) is 14.9. The van der Waals surface area contributed by atoms with Crippen LogP contribution in [0.2, 0.25) is 0 Å². The van der Waals surface area contributed by atoms with Crippen molar-refractivity contribution in [3.63, 3.8) is 0 Å². The van der Waals surface area contributed by atoms with Gasteiger partial charge in [-0.25, -0.2) is 5.01 Å². The Hall–Kier alpha value is -1.90. The van der Waals surface area contributed by atoms with Crippen molar-refractivity contribution in [1.82, 2.24) is 10.4 Å². The Balaban J connectivity index is 2.49. The van der Waals surface area contributed by atoms with Gasteiger partial charge in [-0.3, -0.25) is 5.43 Å². The molecule has 0 unspecified atom stereocenters. The fourth-order valence-electron chi connectivity index (χ4n) is 1.35. The van der Waals surface area contributed by atoms with Gasteiger partial charge in [0.2, 0.25) is 5.88 Å². The smallest absolute Gasteiger partial charge is 0.205 e. The topological polar surface area (TPSA) is 35.5 Å². The van der Waals surface area contributed by atoms with Gasteiger partial charge in [0.05, 0.1) is 0 Å². The number of aliphatic hydroxyl groups is 1. The number of hydrogen-bond donors (Lipinski definition) is 2. The lowest BCUT2D eigenvalue weighted by atomic mass is 10.2. The van der Waals surface area contributed by atoms with E-state index in [1.807, 2.05) is 36.7 Å². The van der Waals surface area contributed by atoms with Gasteiger partial charge in [-0.05, 0) is 13.0 Å². The van der Waals surface area contributed by atoms with Crippen LogP contribution in [0.5, 0.6) is 0 Å². The van der Waals surface area contributed by atoms with Gasteiger partial charge in [0.25, 0.3) is 0 Å². The summed E-state index contributed by atoms with van der Waals surface area (Å²) in [5.41, 5.74) is 2.96. The lowest BCUT2D eigenvalue weighted by molar-refractivity contribution is 0.245. The highest BCUT2D eigenvalue weighted by molar-refractivity contribution is 5.36. The maximum absolute atomic E-state index is 9.48. The van der Waals surface area contributed by atoms with Crippen LogP contribution in [0.3, 0.4) is 0 Å². The molecule has 1 aliphatic rings. The van der Waals surface area contributed by atoms with E-state index in [-0.39, 0.29) is 5.88 Å². The van der Waals surface area contributed by atoms with Gasteiger partial charge in [-0.15, -0.1) is 0 Å². The number of allylic oxidation sites excluding steroid dienone is 1. The Bertz CT molecular complexity index is 476. The summed E-state index contributed by atoms with van der Waals surface area (Å²) in [6, 6.07) is 7.97. The van der Waals surface area contributed by atoms with Crippen molar-refractivity contribution in [3.8, 4) is 0 Å². The Morgan fingerprint density at radius 2 is 2.07 bits per heavy atom. The van der Waals surface area contributed by atoms with Crippen LogP contribution in [0.25, 0.3) is 12.4 Å². The van der Waals surface area contributed by atoms with E-state index in [4.69, 9.17) is 0 Å². The molecule has 1 aromatic rings. The van der Waals surface area contributed by atoms with Gasteiger partial charge in [0.1, 0.15) is 0 Å². The summed E-state index contributed by atoms with van der Waals surface area (Å²) < 4.78 is 0. The highest BCUT2D eigenvalue weighted by Gasteiger charge is 2.04. The van der Waals surface area contributed by atoms with Crippen LogP contribution in [-0.4, -0.2) is 10.1 Å². The molecule has 0 aromatic heterocycles. The van der Waals surface area contributed by atoms with Crippen molar-refractivity contribution in [1.29, 1.82) is 0 Å². The van der Waals surface area contributed by atoms with Crippen molar-refractivity contribution < 1.29 is 5.11 Å². The minimum Gasteiger partial charge on any atom is -0.494 e. The SMILES string of the molecule is C/C=C(\O)N1C=c2ccccc2=CN1. The first-order valence-corrected chi connectivity index (χ1v) is 4.49. The van der Waals surface area contributed by atoms with Crippen LogP contribution >= 0.6 is 0 Å². The van der Waals surface area contributed by atoms with E-state index in [9.17, 15) is 5.11 Å². The zero-order chi connectivity index (χ0) is 9.97. The predicted octanol–water partition coefficient (Wildman–Crippen LogP) is 0.402. The molecule has 3 nitrogen and oxygen atoms in total. The number of benzene rings is 1. The molecule has 0 fully saturated rings. The van der Waals surface area contributed by atoms with E-state index >= 15 is 0 Å². The summed E-state index contributed by atoms with van der Waals surface area (Å²) in [6.07, 6.45) is 5.34. The summed E-state index contributed by atoms with van der Waals surface area (Å²) in [5, 5.41) is 13.3. The number of hydrazine groups is 1. The number of aliphatic hydroxyl groups excluding tert-OH is 1. The maximum atomic E-state index is 9.48. The van der Waals surface area contributed by atoms with Crippen molar-refractivity contribution in [3.05, 3.63) is 46.7 Å². The Morgan fingerprint density at radius 1 is 1.36 bits per heavy atom. The Labute approximate surface area is 82.3 Å². The molecule has 0 spiro atoms. The van der Waals surface area contributed by atoms with E-state index in [0.29, 0.717) is 0 Å². The molecule has 0 saturated heterocycles. The Kier molecular flexibility index (Phi) is 2.14. The van der Waals surface area contributed by atoms with E-state index in [1.54, 1.807) is 18.0 Å². The summed E-state index contributed by atoms with van der Waals surface area (Å²) >= 11 is 0. The molecule has 2 N–H and O–H groups in total. The van der Waals surface area contributed by atoms with Crippen LogP contribution in [0.4, 0.5) is 0 Å². The van der Waals surface area contributed by atoms with E-state index < -0.39 is 0 Å². The number of rotatable bonds is 1. The molecule has 1 aromatic carbocycles. The highest BCUT2D eigenvalue weighted by Crippen LogP contribution is 1.97. The van der Waals surface area contributed by atoms with Crippen LogP contribution in [-0.2, 0) is 0 Å². The number of nitrogens with one attached hydrogen (secondary N) is 1. The van der Waals surface area contributed by atoms with Crippen LogP contribution in [0, 0.1) is 0 Å². The van der Waals surface area contributed by atoms with Gasteiger partial charge in [0, 0.05) is 22.8 Å². The maximum Gasteiger partial charge on any atom is 0.205 e. The molecule has 3 heteroatoms. The zero-order valence-corrected chi connectivity index (χ0v) is 7.94. The second-order valence-electron chi connectivity index (χ2n) is 3.05.